The molecule has 1 atom stereocenters. The summed E-state index contributed by atoms with van der Waals surface area (Å²) in [6, 6.07) is 11.7. The average Bonchev–Trinajstić information content (AvgIpc) is 2.70. The molecule has 1 aliphatic carbocycles. The Labute approximate surface area is 175 Å². The molecule has 6 nitrogen and oxygen atoms in total. The number of benzene rings is 2. The summed E-state index contributed by atoms with van der Waals surface area (Å²) in [5, 5.41) is 11.7. The highest BCUT2D eigenvalue weighted by Gasteiger charge is 2.44. The molecule has 1 aliphatic heterocycles. The fraction of sp³-hybridized carbons (Fsp3) is 0.333. The number of hydrogen-bond acceptors (Lipinski definition) is 6. The molecule has 154 valence electrons. The number of methoxy groups -OCH3 is 2. The van der Waals surface area contributed by atoms with Gasteiger partial charge in [-0.2, -0.15) is 5.26 Å². The van der Waals surface area contributed by atoms with Crippen LogP contribution in [-0.4, -0.2) is 20.0 Å². The van der Waals surface area contributed by atoms with Crippen molar-refractivity contribution in [2.24, 2.45) is 11.1 Å². The molecule has 2 aromatic rings. The summed E-state index contributed by atoms with van der Waals surface area (Å²) in [5.74, 6) is 1.13. The molecule has 30 heavy (non-hydrogen) atoms. The molecular formula is C24H24N2O4. The number of carbonyl (C=O) groups is 1. The molecule has 0 bridgehead atoms. The van der Waals surface area contributed by atoms with Gasteiger partial charge in [0, 0.05) is 24.0 Å². The summed E-state index contributed by atoms with van der Waals surface area (Å²) in [6.45, 7) is 4.05. The maximum atomic E-state index is 13.3. The number of fused-ring (bicyclic) bond motifs is 1. The minimum absolute atomic E-state index is 0.0338. The molecule has 0 amide bonds. The lowest BCUT2D eigenvalue weighted by Gasteiger charge is -2.37. The van der Waals surface area contributed by atoms with Crippen LogP contribution < -0.4 is 15.2 Å². The van der Waals surface area contributed by atoms with E-state index in [1.54, 1.807) is 14.2 Å². The Hall–Kier alpha value is -3.46. The Kier molecular flexibility index (Phi) is 4.70. The molecule has 2 aromatic carbocycles. The molecule has 0 fully saturated rings. The minimum Gasteiger partial charge on any atom is -0.497 e. The normalized spacial score (nSPS) is 20.5. The van der Waals surface area contributed by atoms with E-state index in [2.05, 4.69) is 6.07 Å². The third-order valence-corrected chi connectivity index (χ3v) is 5.81. The number of rotatable bonds is 3. The number of nitrogens with two attached hydrogens (primary N) is 1. The molecule has 6 heteroatoms. The summed E-state index contributed by atoms with van der Waals surface area (Å²) in [6.07, 6.45) is 0.946. The van der Waals surface area contributed by atoms with Gasteiger partial charge in [-0.3, -0.25) is 4.79 Å². The van der Waals surface area contributed by atoms with Crippen molar-refractivity contribution >= 4 is 16.6 Å². The largest absolute Gasteiger partial charge is 0.497 e. The lowest BCUT2D eigenvalue weighted by atomic mass is 9.69. The Balaban J connectivity index is 2.07. The van der Waals surface area contributed by atoms with Gasteiger partial charge in [0.1, 0.15) is 28.9 Å². The van der Waals surface area contributed by atoms with E-state index in [0.29, 0.717) is 35.7 Å². The average molecular weight is 404 g/mol. The van der Waals surface area contributed by atoms with E-state index in [1.807, 2.05) is 44.2 Å². The summed E-state index contributed by atoms with van der Waals surface area (Å²) in [7, 11) is 3.17. The van der Waals surface area contributed by atoms with Gasteiger partial charge < -0.3 is 19.9 Å². The zero-order chi connectivity index (χ0) is 21.6. The molecule has 0 spiro atoms. The van der Waals surface area contributed by atoms with Gasteiger partial charge in [0.25, 0.3) is 0 Å². The molecule has 0 saturated heterocycles. The number of allylic oxidation sites excluding steroid dienone is 3. The third kappa shape index (κ3) is 3.07. The van der Waals surface area contributed by atoms with Gasteiger partial charge in [-0.1, -0.05) is 26.0 Å². The van der Waals surface area contributed by atoms with Crippen molar-refractivity contribution in [3.05, 3.63) is 58.7 Å². The van der Waals surface area contributed by atoms with Gasteiger partial charge in [0.2, 0.25) is 5.88 Å². The first kappa shape index (κ1) is 19.8. The van der Waals surface area contributed by atoms with Crippen LogP contribution in [0.2, 0.25) is 0 Å². The zero-order valence-electron chi connectivity index (χ0n) is 17.5. The first-order chi connectivity index (χ1) is 14.3. The predicted octanol–water partition coefficient (Wildman–Crippen LogP) is 4.31. The van der Waals surface area contributed by atoms with Crippen molar-refractivity contribution in [2.45, 2.75) is 32.6 Å². The second-order valence-corrected chi connectivity index (χ2v) is 8.47. The number of nitrogens with zero attached hydrogens (tertiary/aromatic N) is 1. The van der Waals surface area contributed by atoms with E-state index < -0.39 is 5.92 Å². The molecular weight excluding hydrogens is 380 g/mol. The van der Waals surface area contributed by atoms with E-state index in [4.69, 9.17) is 19.9 Å². The van der Waals surface area contributed by atoms with Crippen LogP contribution in [0.4, 0.5) is 0 Å². The fourth-order valence-corrected chi connectivity index (χ4v) is 4.48. The van der Waals surface area contributed by atoms with E-state index in [0.717, 1.165) is 16.3 Å². The highest BCUT2D eigenvalue weighted by atomic mass is 16.5. The van der Waals surface area contributed by atoms with Gasteiger partial charge >= 0.3 is 0 Å². The smallest absolute Gasteiger partial charge is 0.205 e. The number of hydrogen-bond donors (Lipinski definition) is 1. The second kappa shape index (κ2) is 7.10. The Morgan fingerprint density at radius 2 is 1.90 bits per heavy atom. The van der Waals surface area contributed by atoms with Gasteiger partial charge in [-0.05, 0) is 34.4 Å². The van der Waals surface area contributed by atoms with Crippen LogP contribution in [0.15, 0.2) is 53.1 Å². The summed E-state index contributed by atoms with van der Waals surface area (Å²) < 4.78 is 16.9. The highest BCUT2D eigenvalue weighted by Crippen LogP contribution is 2.51. The summed E-state index contributed by atoms with van der Waals surface area (Å²) in [5.41, 5.74) is 7.37. The van der Waals surface area contributed by atoms with Gasteiger partial charge in [-0.25, -0.2) is 0 Å². The summed E-state index contributed by atoms with van der Waals surface area (Å²) >= 11 is 0. The van der Waals surface area contributed by atoms with Crippen LogP contribution in [-0.2, 0) is 9.53 Å². The van der Waals surface area contributed by atoms with Crippen LogP contribution >= 0.6 is 0 Å². The van der Waals surface area contributed by atoms with Crippen LogP contribution in [0.5, 0.6) is 11.5 Å². The number of ketones is 1. The Bertz CT molecular complexity index is 1160. The number of nitriles is 1. The molecule has 1 heterocycles. The first-order valence-electron chi connectivity index (χ1n) is 9.78. The van der Waals surface area contributed by atoms with Crippen molar-refractivity contribution in [1.29, 1.82) is 5.26 Å². The Morgan fingerprint density at radius 1 is 1.17 bits per heavy atom. The van der Waals surface area contributed by atoms with Crippen LogP contribution in [0.25, 0.3) is 10.8 Å². The van der Waals surface area contributed by atoms with Crippen LogP contribution in [0.3, 0.4) is 0 Å². The highest BCUT2D eigenvalue weighted by molar-refractivity contribution is 6.02. The van der Waals surface area contributed by atoms with Crippen molar-refractivity contribution in [3.8, 4) is 17.6 Å². The van der Waals surface area contributed by atoms with Gasteiger partial charge in [0.05, 0.1) is 20.1 Å². The van der Waals surface area contributed by atoms with Gasteiger partial charge in [0.15, 0.2) is 5.78 Å². The van der Waals surface area contributed by atoms with Crippen molar-refractivity contribution < 1.29 is 19.0 Å². The Morgan fingerprint density at radius 3 is 2.57 bits per heavy atom. The van der Waals surface area contributed by atoms with E-state index in [9.17, 15) is 10.1 Å². The van der Waals surface area contributed by atoms with Crippen LogP contribution in [0, 0.1) is 16.7 Å². The number of ether oxygens (including phenoxy) is 3. The number of carbonyl (C=O) groups excluding carboxylic acids is 1. The quantitative estimate of drug-likeness (QED) is 0.819. The fourth-order valence-electron chi connectivity index (χ4n) is 4.48. The first-order valence-corrected chi connectivity index (χ1v) is 9.78. The summed E-state index contributed by atoms with van der Waals surface area (Å²) in [4.78, 5) is 13.3. The molecule has 0 radical (unpaired) electrons. The lowest BCUT2D eigenvalue weighted by molar-refractivity contribution is -0.119. The van der Waals surface area contributed by atoms with E-state index in [-0.39, 0.29) is 22.7 Å². The maximum Gasteiger partial charge on any atom is 0.205 e. The monoisotopic (exact) mass is 404 g/mol. The maximum absolute atomic E-state index is 13.3. The van der Waals surface area contributed by atoms with Crippen LogP contribution in [0.1, 0.15) is 38.2 Å². The molecule has 2 aliphatic rings. The molecule has 4 rings (SSSR count). The number of Topliss-reactive ketones (excluding diaryl/α,β-unsaturated/α-hetero) is 1. The van der Waals surface area contributed by atoms with Crippen molar-refractivity contribution in [1.82, 2.24) is 0 Å². The standard InChI is InChI=1S/C24H24N2O4/c1-24(2)10-17(27)22-19(11-24)30-23(26)16(12-25)21(22)20-15-9-14(28-3)7-5-13(15)6-8-18(20)29-4/h5-9,21H,10-11,26H2,1-4H3/t21-/m0/s1. The minimum atomic E-state index is -0.659. The van der Waals surface area contributed by atoms with Crippen molar-refractivity contribution in [3.63, 3.8) is 0 Å². The third-order valence-electron chi connectivity index (χ3n) is 5.81. The predicted molar refractivity (Wildman–Crippen MR) is 113 cm³/mol. The van der Waals surface area contributed by atoms with Crippen molar-refractivity contribution in [2.75, 3.05) is 14.2 Å². The van der Waals surface area contributed by atoms with E-state index in [1.165, 1.54) is 0 Å². The van der Waals surface area contributed by atoms with E-state index >= 15 is 0 Å². The molecule has 0 saturated carbocycles. The molecule has 0 aromatic heterocycles. The SMILES string of the molecule is COc1ccc2ccc(OC)c([C@@H]3C(C#N)=C(N)OC4=C3C(=O)CC(C)(C)C4)c2c1. The molecule has 2 N–H and O–H groups in total. The van der Waals surface area contributed by atoms with Gasteiger partial charge in [-0.15, -0.1) is 0 Å². The topological polar surface area (TPSA) is 94.6 Å². The molecule has 0 unspecified atom stereocenters. The lowest BCUT2D eigenvalue weighted by Crippen LogP contribution is -2.33. The second-order valence-electron chi connectivity index (χ2n) is 8.47. The zero-order valence-corrected chi connectivity index (χ0v) is 17.5.